The van der Waals surface area contributed by atoms with E-state index in [4.69, 9.17) is 0 Å². The van der Waals surface area contributed by atoms with E-state index in [1.807, 2.05) is 12.1 Å². The lowest BCUT2D eigenvalue weighted by Gasteiger charge is -2.40. The number of fused-ring (bicyclic) bond motifs is 3. The lowest BCUT2D eigenvalue weighted by Crippen LogP contribution is -2.50. The highest BCUT2D eigenvalue weighted by molar-refractivity contribution is 6.02. The molecule has 1 N–H and O–H groups in total. The largest absolute Gasteiger partial charge is 0.357 e. The van der Waals surface area contributed by atoms with Crippen molar-refractivity contribution in [3.8, 4) is 0 Å². The highest BCUT2D eigenvalue weighted by Crippen LogP contribution is 2.33. The molecule has 3 rings (SSSR count). The Labute approximate surface area is 88.3 Å². The van der Waals surface area contributed by atoms with E-state index in [0.717, 1.165) is 31.5 Å². The zero-order valence-corrected chi connectivity index (χ0v) is 8.44. The van der Waals surface area contributed by atoms with Crippen molar-refractivity contribution in [2.75, 3.05) is 16.8 Å². The summed E-state index contributed by atoms with van der Waals surface area (Å²) in [5.74, 6) is 0.807. The molecule has 0 radical (unpaired) electrons. The molecule has 1 fully saturated rings. The summed E-state index contributed by atoms with van der Waals surface area (Å²) < 4.78 is 0. The van der Waals surface area contributed by atoms with Gasteiger partial charge in [-0.1, -0.05) is 0 Å². The standard InChI is InChI=1S/C11H13N3O/c15-11-9-4-1-2-7-14(9)8-5-3-6-12-10(8)13-11/h3,5-6,9H,1-2,4,7H2,(H,12,13,15). The van der Waals surface area contributed by atoms with Crippen molar-refractivity contribution < 1.29 is 4.79 Å². The Balaban J connectivity index is 2.06. The second-order valence-electron chi connectivity index (χ2n) is 4.07. The number of carbonyl (C=O) groups excluding carboxylic acids is 1. The summed E-state index contributed by atoms with van der Waals surface area (Å²) in [6.45, 7) is 0.969. The van der Waals surface area contributed by atoms with Gasteiger partial charge in [-0.25, -0.2) is 4.98 Å². The molecular formula is C11H13N3O. The number of piperidine rings is 1. The quantitative estimate of drug-likeness (QED) is 0.693. The van der Waals surface area contributed by atoms with Crippen molar-refractivity contribution in [3.63, 3.8) is 0 Å². The third-order valence-corrected chi connectivity index (χ3v) is 3.14. The molecule has 0 spiro atoms. The first-order valence-corrected chi connectivity index (χ1v) is 5.39. The Bertz CT molecular complexity index is 405. The highest BCUT2D eigenvalue weighted by atomic mass is 16.2. The van der Waals surface area contributed by atoms with Crippen LogP contribution in [0.15, 0.2) is 18.3 Å². The smallest absolute Gasteiger partial charge is 0.248 e. The molecule has 4 nitrogen and oxygen atoms in total. The van der Waals surface area contributed by atoms with Crippen LogP contribution in [0.2, 0.25) is 0 Å². The second kappa shape index (κ2) is 3.22. The SMILES string of the molecule is O=C1Nc2ncccc2N2CCCCC12. The van der Waals surface area contributed by atoms with E-state index < -0.39 is 0 Å². The van der Waals surface area contributed by atoms with Crippen LogP contribution in [0.1, 0.15) is 19.3 Å². The van der Waals surface area contributed by atoms with Crippen LogP contribution in [-0.4, -0.2) is 23.5 Å². The molecule has 3 heterocycles. The minimum atomic E-state index is 0.0236. The fourth-order valence-corrected chi connectivity index (χ4v) is 2.42. The van der Waals surface area contributed by atoms with Crippen LogP contribution in [0.5, 0.6) is 0 Å². The lowest BCUT2D eigenvalue weighted by molar-refractivity contribution is -0.118. The number of hydrogen-bond acceptors (Lipinski definition) is 3. The molecule has 1 saturated heterocycles. The van der Waals surface area contributed by atoms with Crippen LogP contribution >= 0.6 is 0 Å². The molecular weight excluding hydrogens is 190 g/mol. The molecule has 1 atom stereocenters. The number of nitrogens with zero attached hydrogens (tertiary/aromatic N) is 2. The normalized spacial score (nSPS) is 24.1. The molecule has 1 unspecified atom stereocenters. The maximum absolute atomic E-state index is 11.8. The van der Waals surface area contributed by atoms with Crippen LogP contribution in [-0.2, 0) is 4.79 Å². The molecule has 0 aliphatic carbocycles. The maximum atomic E-state index is 11.8. The summed E-state index contributed by atoms with van der Waals surface area (Å²) in [6.07, 6.45) is 4.98. The van der Waals surface area contributed by atoms with E-state index in [9.17, 15) is 4.79 Å². The molecule has 4 heteroatoms. The van der Waals surface area contributed by atoms with E-state index in [-0.39, 0.29) is 11.9 Å². The number of carbonyl (C=O) groups is 1. The zero-order chi connectivity index (χ0) is 10.3. The van der Waals surface area contributed by atoms with E-state index in [1.54, 1.807) is 6.20 Å². The Kier molecular flexibility index (Phi) is 1.87. The van der Waals surface area contributed by atoms with Gasteiger partial charge in [0.25, 0.3) is 0 Å². The molecule has 1 amide bonds. The van der Waals surface area contributed by atoms with Gasteiger partial charge in [0.1, 0.15) is 6.04 Å². The number of anilines is 2. The summed E-state index contributed by atoms with van der Waals surface area (Å²) in [5, 5.41) is 2.87. The molecule has 1 aromatic rings. The third kappa shape index (κ3) is 1.28. The highest BCUT2D eigenvalue weighted by Gasteiger charge is 2.34. The van der Waals surface area contributed by atoms with Gasteiger partial charge in [0.05, 0.1) is 5.69 Å². The summed E-state index contributed by atoms with van der Waals surface area (Å²) in [5.41, 5.74) is 1.07. The average molecular weight is 203 g/mol. The predicted octanol–water partition coefficient (Wildman–Crippen LogP) is 1.39. The van der Waals surface area contributed by atoms with Crippen LogP contribution in [0.3, 0.4) is 0 Å². The molecule has 0 saturated carbocycles. The van der Waals surface area contributed by atoms with E-state index in [1.165, 1.54) is 0 Å². The number of pyridine rings is 1. The van der Waals surface area contributed by atoms with Crippen LogP contribution < -0.4 is 10.2 Å². The van der Waals surface area contributed by atoms with Gasteiger partial charge in [-0.2, -0.15) is 0 Å². The Morgan fingerprint density at radius 3 is 3.33 bits per heavy atom. The van der Waals surface area contributed by atoms with Gasteiger partial charge in [-0.05, 0) is 31.4 Å². The molecule has 15 heavy (non-hydrogen) atoms. The van der Waals surface area contributed by atoms with Crippen molar-refractivity contribution in [2.24, 2.45) is 0 Å². The molecule has 0 bridgehead atoms. The van der Waals surface area contributed by atoms with Crippen molar-refractivity contribution in [3.05, 3.63) is 18.3 Å². The van der Waals surface area contributed by atoms with Gasteiger partial charge >= 0.3 is 0 Å². The van der Waals surface area contributed by atoms with Crippen molar-refractivity contribution in [1.29, 1.82) is 0 Å². The minimum absolute atomic E-state index is 0.0236. The first-order valence-electron chi connectivity index (χ1n) is 5.39. The van der Waals surface area contributed by atoms with E-state index in [2.05, 4.69) is 15.2 Å². The molecule has 1 aromatic heterocycles. The van der Waals surface area contributed by atoms with Crippen molar-refractivity contribution in [1.82, 2.24) is 4.98 Å². The average Bonchev–Trinajstić information content (AvgIpc) is 2.30. The van der Waals surface area contributed by atoms with Gasteiger partial charge in [-0.15, -0.1) is 0 Å². The summed E-state index contributed by atoms with van der Waals surface area (Å²) in [6, 6.07) is 3.97. The fourth-order valence-electron chi connectivity index (χ4n) is 2.42. The van der Waals surface area contributed by atoms with Gasteiger partial charge in [0.15, 0.2) is 5.82 Å². The summed E-state index contributed by atoms with van der Waals surface area (Å²) >= 11 is 0. The Hall–Kier alpha value is -1.58. The van der Waals surface area contributed by atoms with E-state index in [0.29, 0.717) is 5.82 Å². The molecule has 78 valence electrons. The number of aromatic nitrogens is 1. The van der Waals surface area contributed by atoms with E-state index >= 15 is 0 Å². The summed E-state index contributed by atoms with van der Waals surface area (Å²) in [7, 11) is 0. The fraction of sp³-hybridized carbons (Fsp3) is 0.455. The first-order chi connectivity index (χ1) is 7.36. The third-order valence-electron chi connectivity index (χ3n) is 3.14. The molecule has 2 aliphatic heterocycles. The topological polar surface area (TPSA) is 45.2 Å². The molecule has 0 aromatic carbocycles. The van der Waals surface area contributed by atoms with Gasteiger partial charge < -0.3 is 10.2 Å². The molecule has 2 aliphatic rings. The number of rotatable bonds is 0. The Morgan fingerprint density at radius 2 is 2.40 bits per heavy atom. The number of hydrogen-bond donors (Lipinski definition) is 1. The van der Waals surface area contributed by atoms with Crippen LogP contribution in [0, 0.1) is 0 Å². The van der Waals surface area contributed by atoms with Crippen LogP contribution in [0.25, 0.3) is 0 Å². The summed E-state index contributed by atoms with van der Waals surface area (Å²) in [4.78, 5) is 18.2. The van der Waals surface area contributed by atoms with Crippen molar-refractivity contribution in [2.45, 2.75) is 25.3 Å². The van der Waals surface area contributed by atoms with Crippen molar-refractivity contribution >= 4 is 17.4 Å². The predicted molar refractivity (Wildman–Crippen MR) is 57.9 cm³/mol. The minimum Gasteiger partial charge on any atom is -0.357 e. The van der Waals surface area contributed by atoms with Gasteiger partial charge in [-0.3, -0.25) is 4.79 Å². The zero-order valence-electron chi connectivity index (χ0n) is 8.44. The van der Waals surface area contributed by atoms with Gasteiger partial charge in [0, 0.05) is 12.7 Å². The number of nitrogens with one attached hydrogen (secondary N) is 1. The maximum Gasteiger partial charge on any atom is 0.248 e. The van der Waals surface area contributed by atoms with Gasteiger partial charge in [0.2, 0.25) is 5.91 Å². The number of amides is 1. The first kappa shape index (κ1) is 8.71. The van der Waals surface area contributed by atoms with Crippen LogP contribution in [0.4, 0.5) is 11.5 Å². The Morgan fingerprint density at radius 1 is 1.47 bits per heavy atom. The monoisotopic (exact) mass is 203 g/mol. The lowest BCUT2D eigenvalue weighted by atomic mass is 9.99. The second-order valence-corrected chi connectivity index (χ2v) is 4.07.